The SMILES string of the molecule is CCC(c1ccn[nH]1)C(COC1CCC(c2c(F)ccc(C)c2F)CC1)N(C)C(C)=O. The molecule has 0 aliphatic heterocycles. The van der Waals surface area contributed by atoms with Gasteiger partial charge in [0, 0.05) is 37.3 Å². The zero-order valence-corrected chi connectivity index (χ0v) is 18.8. The number of halogens is 2. The van der Waals surface area contributed by atoms with Gasteiger partial charge >= 0.3 is 0 Å². The van der Waals surface area contributed by atoms with Gasteiger partial charge in [-0.3, -0.25) is 9.89 Å². The molecule has 1 N–H and O–H groups in total. The normalized spacial score (nSPS) is 21.0. The number of nitrogens with zero attached hydrogens (tertiary/aromatic N) is 2. The van der Waals surface area contributed by atoms with Crippen molar-refractivity contribution < 1.29 is 18.3 Å². The number of ether oxygens (including phenoxy) is 1. The van der Waals surface area contributed by atoms with Crippen LogP contribution in [0.25, 0.3) is 0 Å². The third kappa shape index (κ3) is 5.32. The summed E-state index contributed by atoms with van der Waals surface area (Å²) in [6.45, 7) is 5.73. The Bertz CT molecular complexity index is 864. The number of rotatable bonds is 8. The molecule has 3 rings (SSSR count). The maximum Gasteiger partial charge on any atom is 0.219 e. The highest BCUT2D eigenvalue weighted by molar-refractivity contribution is 5.73. The first-order valence-corrected chi connectivity index (χ1v) is 11.1. The Kier molecular flexibility index (Phi) is 7.81. The number of nitrogens with one attached hydrogen (secondary N) is 1. The second-order valence-corrected chi connectivity index (χ2v) is 8.62. The Morgan fingerprint density at radius 3 is 2.55 bits per heavy atom. The smallest absolute Gasteiger partial charge is 0.219 e. The first-order chi connectivity index (χ1) is 14.8. The number of carbonyl (C=O) groups is 1. The molecular weight excluding hydrogens is 400 g/mol. The molecule has 1 fully saturated rings. The average molecular weight is 434 g/mol. The van der Waals surface area contributed by atoms with Gasteiger partial charge in [0.05, 0.1) is 18.8 Å². The molecule has 5 nitrogen and oxygen atoms in total. The van der Waals surface area contributed by atoms with Gasteiger partial charge in [-0.1, -0.05) is 13.0 Å². The van der Waals surface area contributed by atoms with E-state index >= 15 is 0 Å². The van der Waals surface area contributed by atoms with Gasteiger partial charge < -0.3 is 9.64 Å². The Morgan fingerprint density at radius 2 is 1.97 bits per heavy atom. The summed E-state index contributed by atoms with van der Waals surface area (Å²) in [6.07, 6.45) is 5.44. The molecule has 0 bridgehead atoms. The maximum atomic E-state index is 14.5. The first kappa shape index (κ1) is 23.4. The van der Waals surface area contributed by atoms with Crippen LogP contribution in [0, 0.1) is 18.6 Å². The number of benzene rings is 1. The standard InChI is InChI=1S/C24H33F2N3O2/c1-5-19(21-12-13-27-28-21)22(29(4)16(3)30)14-31-18-9-7-17(8-10-18)23-20(25)11-6-15(2)24(23)26/h6,11-13,17-19,22H,5,7-10,14H2,1-4H3,(H,27,28). The van der Waals surface area contributed by atoms with Crippen LogP contribution in [0.15, 0.2) is 24.4 Å². The quantitative estimate of drug-likeness (QED) is 0.632. The molecule has 1 aliphatic carbocycles. The van der Waals surface area contributed by atoms with Gasteiger partial charge in [0.2, 0.25) is 5.91 Å². The second-order valence-electron chi connectivity index (χ2n) is 8.62. The molecule has 0 saturated heterocycles. The van der Waals surface area contributed by atoms with Gasteiger partial charge in [-0.05, 0) is 62.6 Å². The number of amides is 1. The van der Waals surface area contributed by atoms with Crippen molar-refractivity contribution in [2.45, 2.75) is 76.9 Å². The fourth-order valence-corrected chi connectivity index (χ4v) is 4.71. The third-order valence-corrected chi connectivity index (χ3v) is 6.72. The van der Waals surface area contributed by atoms with Crippen LogP contribution in [0.1, 0.15) is 74.6 Å². The van der Waals surface area contributed by atoms with Crippen LogP contribution in [0.4, 0.5) is 8.78 Å². The van der Waals surface area contributed by atoms with E-state index in [-0.39, 0.29) is 35.5 Å². The van der Waals surface area contributed by atoms with Crippen molar-refractivity contribution in [2.24, 2.45) is 0 Å². The van der Waals surface area contributed by atoms with Gasteiger partial charge in [0.1, 0.15) is 11.6 Å². The lowest BCUT2D eigenvalue weighted by molar-refractivity contribution is -0.132. The monoisotopic (exact) mass is 433 g/mol. The average Bonchev–Trinajstić information content (AvgIpc) is 3.29. The van der Waals surface area contributed by atoms with Crippen molar-refractivity contribution >= 4 is 5.91 Å². The minimum Gasteiger partial charge on any atom is -0.376 e. The molecule has 1 aliphatic rings. The Hall–Kier alpha value is -2.28. The van der Waals surface area contributed by atoms with Gasteiger partial charge in [-0.25, -0.2) is 8.78 Å². The van der Waals surface area contributed by atoms with Crippen molar-refractivity contribution in [2.75, 3.05) is 13.7 Å². The van der Waals surface area contributed by atoms with Crippen LogP contribution in [-0.4, -0.2) is 46.8 Å². The maximum absolute atomic E-state index is 14.5. The van der Waals surface area contributed by atoms with Crippen molar-refractivity contribution in [3.63, 3.8) is 0 Å². The van der Waals surface area contributed by atoms with Crippen LogP contribution < -0.4 is 0 Å². The van der Waals surface area contributed by atoms with Gasteiger partial charge in [0.15, 0.2) is 0 Å². The van der Waals surface area contributed by atoms with Crippen LogP contribution >= 0.6 is 0 Å². The van der Waals surface area contributed by atoms with E-state index in [0.29, 0.717) is 25.0 Å². The van der Waals surface area contributed by atoms with E-state index in [0.717, 1.165) is 25.0 Å². The molecule has 1 heterocycles. The number of aryl methyl sites for hydroxylation is 1. The highest BCUT2D eigenvalue weighted by Gasteiger charge is 2.32. The zero-order valence-electron chi connectivity index (χ0n) is 18.8. The minimum absolute atomic E-state index is 0.0133. The van der Waals surface area contributed by atoms with E-state index in [2.05, 4.69) is 17.1 Å². The fourth-order valence-electron chi connectivity index (χ4n) is 4.71. The van der Waals surface area contributed by atoms with E-state index in [1.807, 2.05) is 6.07 Å². The summed E-state index contributed by atoms with van der Waals surface area (Å²) >= 11 is 0. The summed E-state index contributed by atoms with van der Waals surface area (Å²) in [5, 5.41) is 7.08. The molecule has 0 spiro atoms. The van der Waals surface area contributed by atoms with Crippen molar-refractivity contribution in [3.05, 3.63) is 52.9 Å². The number of aromatic amines is 1. The van der Waals surface area contributed by atoms with E-state index in [4.69, 9.17) is 4.74 Å². The number of H-pyrrole nitrogens is 1. The summed E-state index contributed by atoms with van der Waals surface area (Å²) in [5.74, 6) is -0.924. The Balaban J connectivity index is 1.63. The minimum atomic E-state index is -0.457. The van der Waals surface area contributed by atoms with Crippen molar-refractivity contribution in [3.8, 4) is 0 Å². The lowest BCUT2D eigenvalue weighted by Gasteiger charge is -2.36. The molecule has 2 aromatic rings. The van der Waals surface area contributed by atoms with Crippen molar-refractivity contribution in [1.29, 1.82) is 0 Å². The highest BCUT2D eigenvalue weighted by Crippen LogP contribution is 2.37. The molecule has 2 atom stereocenters. The second kappa shape index (κ2) is 10.4. The predicted molar refractivity (Wildman–Crippen MR) is 116 cm³/mol. The van der Waals surface area contributed by atoms with Crippen LogP contribution in [0.2, 0.25) is 0 Å². The Morgan fingerprint density at radius 1 is 1.26 bits per heavy atom. The topological polar surface area (TPSA) is 58.2 Å². The zero-order chi connectivity index (χ0) is 22.5. The number of hydrogen-bond acceptors (Lipinski definition) is 3. The molecule has 1 saturated carbocycles. The van der Waals surface area contributed by atoms with E-state index in [1.165, 1.54) is 12.1 Å². The van der Waals surface area contributed by atoms with Gasteiger partial charge in [-0.2, -0.15) is 5.10 Å². The lowest BCUT2D eigenvalue weighted by atomic mass is 9.81. The summed E-state index contributed by atoms with van der Waals surface area (Å²) in [5.41, 5.74) is 1.69. The number of likely N-dealkylation sites (N-methyl/N-ethyl adjacent to an activating group) is 1. The largest absolute Gasteiger partial charge is 0.376 e. The van der Waals surface area contributed by atoms with Crippen LogP contribution in [0.3, 0.4) is 0 Å². The van der Waals surface area contributed by atoms with E-state index in [9.17, 15) is 13.6 Å². The van der Waals surface area contributed by atoms with Gasteiger partial charge in [-0.15, -0.1) is 0 Å². The highest BCUT2D eigenvalue weighted by atomic mass is 19.1. The number of aromatic nitrogens is 2. The molecule has 7 heteroatoms. The van der Waals surface area contributed by atoms with Crippen LogP contribution in [0.5, 0.6) is 0 Å². The molecule has 170 valence electrons. The summed E-state index contributed by atoms with van der Waals surface area (Å²) in [4.78, 5) is 13.8. The molecule has 1 amide bonds. The fraction of sp³-hybridized carbons (Fsp3) is 0.583. The predicted octanol–water partition coefficient (Wildman–Crippen LogP) is 5.08. The molecule has 1 aromatic carbocycles. The molecule has 31 heavy (non-hydrogen) atoms. The first-order valence-electron chi connectivity index (χ1n) is 11.1. The molecule has 2 unspecified atom stereocenters. The summed E-state index contributed by atoms with van der Waals surface area (Å²) < 4.78 is 35.0. The number of hydrogen-bond donors (Lipinski definition) is 1. The van der Waals surface area contributed by atoms with Crippen LogP contribution in [-0.2, 0) is 9.53 Å². The molecule has 1 aromatic heterocycles. The van der Waals surface area contributed by atoms with E-state index in [1.54, 1.807) is 32.0 Å². The number of carbonyl (C=O) groups excluding carboxylic acids is 1. The van der Waals surface area contributed by atoms with E-state index < -0.39 is 11.6 Å². The summed E-state index contributed by atoms with van der Waals surface area (Å²) in [7, 11) is 1.80. The molecular formula is C24H33F2N3O2. The Labute approximate surface area is 183 Å². The summed E-state index contributed by atoms with van der Waals surface area (Å²) in [6, 6.07) is 4.66. The molecule has 0 radical (unpaired) electrons. The lowest BCUT2D eigenvalue weighted by Crippen LogP contribution is -2.44. The van der Waals surface area contributed by atoms with Gasteiger partial charge in [0.25, 0.3) is 0 Å². The third-order valence-electron chi connectivity index (χ3n) is 6.72. The van der Waals surface area contributed by atoms with Crippen molar-refractivity contribution in [1.82, 2.24) is 15.1 Å².